The molecular weight excluding hydrogens is 328 g/mol. The number of anilines is 1. The summed E-state index contributed by atoms with van der Waals surface area (Å²) in [6, 6.07) is 6.71. The summed E-state index contributed by atoms with van der Waals surface area (Å²) in [6.45, 7) is 5.26. The fraction of sp³-hybridized carbons (Fsp3) is 0.125. The Labute approximate surface area is 143 Å². The number of benzene rings is 1. The number of aromatic hydroxyl groups is 1. The zero-order valence-corrected chi connectivity index (χ0v) is 13.8. The number of nitrogens with zero attached hydrogens (tertiary/aromatic N) is 2. The van der Waals surface area contributed by atoms with E-state index in [1.807, 2.05) is 0 Å². The molecule has 1 aromatic heterocycles. The summed E-state index contributed by atoms with van der Waals surface area (Å²) < 4.78 is 1.44. The van der Waals surface area contributed by atoms with Crippen LogP contribution in [0.2, 0.25) is 0 Å². The van der Waals surface area contributed by atoms with Crippen LogP contribution < -0.4 is 10.9 Å². The molecule has 24 heavy (non-hydrogen) atoms. The predicted molar refractivity (Wildman–Crippen MR) is 95.7 cm³/mol. The van der Waals surface area contributed by atoms with E-state index in [-0.39, 0.29) is 28.7 Å². The summed E-state index contributed by atoms with van der Waals surface area (Å²) in [4.78, 5) is 29.6. The molecule has 0 aliphatic carbocycles. The fourth-order valence-corrected chi connectivity index (χ4v) is 2.22. The van der Waals surface area contributed by atoms with E-state index in [9.17, 15) is 14.7 Å². The van der Waals surface area contributed by atoms with E-state index in [0.29, 0.717) is 11.4 Å². The first-order valence-electron chi connectivity index (χ1n) is 7.01. The van der Waals surface area contributed by atoms with Crippen molar-refractivity contribution in [1.82, 2.24) is 9.55 Å². The van der Waals surface area contributed by atoms with Crippen LogP contribution in [0.25, 0.3) is 0 Å². The number of carbonyl (C=O) groups is 1. The predicted octanol–water partition coefficient (Wildman–Crippen LogP) is 2.51. The van der Waals surface area contributed by atoms with Gasteiger partial charge in [-0.1, -0.05) is 6.08 Å². The lowest BCUT2D eigenvalue weighted by Gasteiger charge is -2.08. The van der Waals surface area contributed by atoms with Crippen LogP contribution in [0.1, 0.15) is 12.5 Å². The van der Waals surface area contributed by atoms with Crippen molar-refractivity contribution >= 4 is 35.7 Å². The summed E-state index contributed by atoms with van der Waals surface area (Å²) in [7, 11) is 0. The molecule has 0 aliphatic heterocycles. The minimum absolute atomic E-state index is 0.00334. The van der Waals surface area contributed by atoms with Gasteiger partial charge in [-0.2, -0.15) is 0 Å². The molecule has 0 unspecified atom stereocenters. The smallest absolute Gasteiger partial charge is 0.264 e. The molecule has 8 heteroatoms. The van der Waals surface area contributed by atoms with Gasteiger partial charge in [-0.05, 0) is 36.5 Å². The first kappa shape index (κ1) is 17.4. The van der Waals surface area contributed by atoms with Crippen molar-refractivity contribution < 1.29 is 9.90 Å². The Morgan fingerprint density at radius 1 is 1.46 bits per heavy atom. The monoisotopic (exact) mass is 344 g/mol. The third kappa shape index (κ3) is 4.05. The second-order valence-corrected chi connectivity index (χ2v) is 5.27. The highest BCUT2D eigenvalue weighted by atomic mass is 32.1. The highest BCUT2D eigenvalue weighted by Gasteiger charge is 2.09. The van der Waals surface area contributed by atoms with E-state index in [2.05, 4.69) is 21.9 Å². The van der Waals surface area contributed by atoms with Crippen LogP contribution in [0.4, 0.5) is 11.4 Å². The van der Waals surface area contributed by atoms with E-state index in [0.717, 1.165) is 0 Å². The molecule has 0 saturated heterocycles. The first-order chi connectivity index (χ1) is 11.4. The number of aromatic amines is 1. The maximum atomic E-state index is 12.0. The molecule has 0 atom stereocenters. The van der Waals surface area contributed by atoms with Gasteiger partial charge in [-0.15, -0.1) is 6.58 Å². The molecular formula is C16H16N4O3S. The van der Waals surface area contributed by atoms with Crippen molar-refractivity contribution in [2.24, 2.45) is 4.99 Å². The van der Waals surface area contributed by atoms with Gasteiger partial charge in [-0.3, -0.25) is 24.1 Å². The van der Waals surface area contributed by atoms with E-state index in [1.54, 1.807) is 30.3 Å². The van der Waals surface area contributed by atoms with E-state index < -0.39 is 5.56 Å². The molecule has 0 fully saturated rings. The molecule has 7 nitrogen and oxygen atoms in total. The lowest BCUT2D eigenvalue weighted by Crippen LogP contribution is -2.18. The number of rotatable bonds is 5. The molecule has 3 N–H and O–H groups in total. The Morgan fingerprint density at radius 2 is 2.12 bits per heavy atom. The fourth-order valence-electron chi connectivity index (χ4n) is 1.96. The average Bonchev–Trinajstić information content (AvgIpc) is 2.52. The number of aromatic nitrogens is 2. The van der Waals surface area contributed by atoms with Crippen molar-refractivity contribution in [3.63, 3.8) is 0 Å². The van der Waals surface area contributed by atoms with Gasteiger partial charge in [0.1, 0.15) is 5.56 Å². The number of nitrogens with one attached hydrogen (secondary N) is 2. The molecule has 1 amide bonds. The molecule has 124 valence electrons. The van der Waals surface area contributed by atoms with Crippen molar-refractivity contribution in [3.8, 4) is 5.88 Å². The maximum absolute atomic E-state index is 12.0. The van der Waals surface area contributed by atoms with Crippen LogP contribution >= 0.6 is 12.2 Å². The normalized spacial score (nSPS) is 10.7. The standard InChI is InChI=1S/C16H16N4O3S/c1-3-8-20-15(23)13(14(22)19-16(20)24)9-17-11-4-6-12(7-5-11)18-10(2)21/h3-7,9,23H,1,8H2,2H3,(H,18,21)(H,19,22,24). The number of aliphatic imine (C=N–C) groups is 1. The van der Waals surface area contributed by atoms with Crippen molar-refractivity contribution in [2.45, 2.75) is 13.5 Å². The second-order valence-electron chi connectivity index (χ2n) is 4.88. The Bertz CT molecular complexity index is 910. The van der Waals surface area contributed by atoms with Crippen LogP contribution in [0, 0.1) is 4.77 Å². The van der Waals surface area contributed by atoms with Crippen LogP contribution in [0.15, 0.2) is 46.7 Å². The molecule has 1 heterocycles. The molecule has 0 bridgehead atoms. The van der Waals surface area contributed by atoms with Gasteiger partial charge in [0.05, 0.1) is 5.69 Å². The zero-order valence-electron chi connectivity index (χ0n) is 12.9. The van der Waals surface area contributed by atoms with E-state index in [1.165, 1.54) is 17.7 Å². The number of hydrogen-bond acceptors (Lipinski definition) is 5. The third-order valence-corrected chi connectivity index (χ3v) is 3.37. The van der Waals surface area contributed by atoms with Gasteiger partial charge in [0.15, 0.2) is 4.77 Å². The minimum Gasteiger partial charge on any atom is -0.494 e. The number of H-pyrrole nitrogens is 1. The molecule has 1 aromatic carbocycles. The molecule has 0 spiro atoms. The maximum Gasteiger partial charge on any atom is 0.264 e. The van der Waals surface area contributed by atoms with E-state index >= 15 is 0 Å². The van der Waals surface area contributed by atoms with Gasteiger partial charge in [0, 0.05) is 25.4 Å². The molecule has 0 saturated carbocycles. The highest BCUT2D eigenvalue weighted by Crippen LogP contribution is 2.17. The number of allylic oxidation sites excluding steroid dienone is 1. The summed E-state index contributed by atoms with van der Waals surface area (Å²) in [5.41, 5.74) is 0.662. The second kappa shape index (κ2) is 7.51. The molecule has 0 radical (unpaired) electrons. The van der Waals surface area contributed by atoms with E-state index in [4.69, 9.17) is 12.2 Å². The number of hydrogen-bond donors (Lipinski definition) is 3. The SMILES string of the molecule is C=CCn1c(O)c(C=Nc2ccc(NC(C)=O)cc2)c(=O)[nH]c1=S. The Hall–Kier alpha value is -3.00. The zero-order chi connectivity index (χ0) is 17.7. The lowest BCUT2D eigenvalue weighted by atomic mass is 10.2. The van der Waals surface area contributed by atoms with Gasteiger partial charge in [0.2, 0.25) is 11.8 Å². The highest BCUT2D eigenvalue weighted by molar-refractivity contribution is 7.71. The summed E-state index contributed by atoms with van der Waals surface area (Å²) in [5, 5.41) is 12.8. The van der Waals surface area contributed by atoms with Crippen molar-refractivity contribution in [1.29, 1.82) is 0 Å². The van der Waals surface area contributed by atoms with Crippen LogP contribution in [0.3, 0.4) is 0 Å². The summed E-state index contributed by atoms with van der Waals surface area (Å²) in [6.07, 6.45) is 2.81. The average molecular weight is 344 g/mol. The van der Waals surface area contributed by atoms with Gasteiger partial charge in [0.25, 0.3) is 5.56 Å². The molecule has 0 aliphatic rings. The summed E-state index contributed by atoms with van der Waals surface area (Å²) in [5.74, 6) is -0.444. The van der Waals surface area contributed by atoms with Gasteiger partial charge >= 0.3 is 0 Å². The van der Waals surface area contributed by atoms with Gasteiger partial charge in [-0.25, -0.2) is 0 Å². The Balaban J connectivity index is 2.33. The van der Waals surface area contributed by atoms with Crippen LogP contribution in [-0.4, -0.2) is 26.8 Å². The third-order valence-electron chi connectivity index (χ3n) is 3.05. The van der Waals surface area contributed by atoms with Gasteiger partial charge < -0.3 is 10.4 Å². The number of amides is 1. The number of carbonyl (C=O) groups excluding carboxylic acids is 1. The molecule has 2 aromatic rings. The Kier molecular flexibility index (Phi) is 5.43. The quantitative estimate of drug-likeness (QED) is 0.441. The largest absolute Gasteiger partial charge is 0.494 e. The first-order valence-corrected chi connectivity index (χ1v) is 7.42. The van der Waals surface area contributed by atoms with Crippen molar-refractivity contribution in [2.75, 3.05) is 5.32 Å². The van der Waals surface area contributed by atoms with Crippen molar-refractivity contribution in [3.05, 3.63) is 57.6 Å². The Morgan fingerprint density at radius 3 is 2.71 bits per heavy atom. The summed E-state index contributed by atoms with van der Waals surface area (Å²) >= 11 is 5.00. The topological polar surface area (TPSA) is 99.5 Å². The molecule has 2 rings (SSSR count). The minimum atomic E-state index is -0.531. The van der Waals surface area contributed by atoms with Crippen LogP contribution in [-0.2, 0) is 11.3 Å². The lowest BCUT2D eigenvalue weighted by molar-refractivity contribution is -0.114. The van der Waals surface area contributed by atoms with Crippen LogP contribution in [0.5, 0.6) is 5.88 Å².